The first kappa shape index (κ1) is 11.5. The summed E-state index contributed by atoms with van der Waals surface area (Å²) < 4.78 is 0. The van der Waals surface area contributed by atoms with Gasteiger partial charge in [0, 0.05) is 24.5 Å². The van der Waals surface area contributed by atoms with Crippen LogP contribution in [0.25, 0.3) is 0 Å². The molecule has 94 valence electrons. The van der Waals surface area contributed by atoms with Crippen molar-refractivity contribution in [1.29, 1.82) is 0 Å². The summed E-state index contributed by atoms with van der Waals surface area (Å²) in [6.45, 7) is 5.50. The number of H-pyrrole nitrogens is 1. The Morgan fingerprint density at radius 1 is 1.33 bits per heavy atom. The Hall–Kier alpha value is -1.61. The van der Waals surface area contributed by atoms with Gasteiger partial charge >= 0.3 is 0 Å². The lowest BCUT2D eigenvalue weighted by Gasteiger charge is -2.28. The highest BCUT2D eigenvalue weighted by molar-refractivity contribution is 5.37. The number of rotatable bonds is 3. The minimum absolute atomic E-state index is 0.268. The predicted molar refractivity (Wildman–Crippen MR) is 72.1 cm³/mol. The van der Waals surface area contributed by atoms with Crippen molar-refractivity contribution in [2.24, 2.45) is 5.41 Å². The lowest BCUT2D eigenvalue weighted by Crippen LogP contribution is -2.30. The van der Waals surface area contributed by atoms with Crippen LogP contribution in [-0.2, 0) is 13.0 Å². The summed E-state index contributed by atoms with van der Waals surface area (Å²) in [7, 11) is 0. The first-order chi connectivity index (χ1) is 8.67. The maximum absolute atomic E-state index is 3.98. The van der Waals surface area contributed by atoms with Crippen LogP contribution in [0, 0.1) is 5.41 Å². The van der Waals surface area contributed by atoms with Crippen molar-refractivity contribution in [2.45, 2.75) is 32.9 Å². The molecule has 0 amide bonds. The van der Waals surface area contributed by atoms with E-state index in [4.69, 9.17) is 0 Å². The summed E-state index contributed by atoms with van der Waals surface area (Å²) in [4.78, 5) is 0. The molecule has 0 saturated carbocycles. The van der Waals surface area contributed by atoms with Gasteiger partial charge in [-0.25, -0.2) is 0 Å². The predicted octanol–water partition coefficient (Wildman–Crippen LogP) is 2.82. The van der Waals surface area contributed by atoms with Gasteiger partial charge in [0.2, 0.25) is 0 Å². The highest BCUT2D eigenvalue weighted by Crippen LogP contribution is 2.44. The Labute approximate surface area is 108 Å². The van der Waals surface area contributed by atoms with Crippen LogP contribution in [0.2, 0.25) is 0 Å². The van der Waals surface area contributed by atoms with Crippen LogP contribution in [0.1, 0.15) is 36.7 Å². The van der Waals surface area contributed by atoms with Crippen LogP contribution in [0.5, 0.6) is 0 Å². The molecule has 1 atom stereocenters. The fourth-order valence-corrected chi connectivity index (χ4v) is 2.97. The molecule has 0 radical (unpaired) electrons. The van der Waals surface area contributed by atoms with Gasteiger partial charge < -0.3 is 5.32 Å². The van der Waals surface area contributed by atoms with E-state index >= 15 is 0 Å². The number of nitrogens with one attached hydrogen (secondary N) is 2. The molecule has 0 aliphatic heterocycles. The fraction of sp³-hybridized carbons (Fsp3) is 0.400. The number of nitrogens with zero attached hydrogens (tertiary/aromatic N) is 1. The van der Waals surface area contributed by atoms with E-state index in [2.05, 4.69) is 53.6 Å². The van der Waals surface area contributed by atoms with Gasteiger partial charge in [-0.05, 0) is 29.0 Å². The molecule has 0 fully saturated rings. The summed E-state index contributed by atoms with van der Waals surface area (Å²) in [5.74, 6) is 0. The van der Waals surface area contributed by atoms with Gasteiger partial charge in [-0.3, -0.25) is 5.10 Å². The fourth-order valence-electron chi connectivity index (χ4n) is 2.97. The van der Waals surface area contributed by atoms with E-state index in [1.807, 2.05) is 6.07 Å². The molecule has 0 bridgehead atoms. The van der Waals surface area contributed by atoms with Gasteiger partial charge in [0.15, 0.2) is 0 Å². The van der Waals surface area contributed by atoms with E-state index in [-0.39, 0.29) is 5.41 Å². The zero-order valence-corrected chi connectivity index (χ0v) is 10.9. The van der Waals surface area contributed by atoms with Crippen molar-refractivity contribution in [2.75, 3.05) is 0 Å². The molecule has 1 unspecified atom stereocenters. The molecule has 0 saturated heterocycles. The van der Waals surface area contributed by atoms with Gasteiger partial charge in [0.05, 0.1) is 0 Å². The second kappa shape index (κ2) is 4.25. The third kappa shape index (κ3) is 1.95. The molecule has 1 aromatic carbocycles. The highest BCUT2D eigenvalue weighted by Gasteiger charge is 2.38. The van der Waals surface area contributed by atoms with Crippen molar-refractivity contribution >= 4 is 0 Å². The van der Waals surface area contributed by atoms with E-state index in [0.717, 1.165) is 18.7 Å². The quantitative estimate of drug-likeness (QED) is 0.867. The number of benzene rings is 1. The summed E-state index contributed by atoms with van der Waals surface area (Å²) in [6.07, 6.45) is 2.94. The molecule has 3 heteroatoms. The molecular weight excluding hydrogens is 222 g/mol. The minimum Gasteiger partial charge on any atom is -0.304 e. The molecule has 2 N–H and O–H groups in total. The topological polar surface area (TPSA) is 40.7 Å². The second-order valence-electron chi connectivity index (χ2n) is 5.76. The van der Waals surface area contributed by atoms with E-state index in [1.54, 1.807) is 6.20 Å². The molecule has 1 aromatic heterocycles. The standard InChI is InChI=1S/C15H19N3/c1-15(2)9-11-5-3-4-6-13(11)14(15)16-10-12-7-8-17-18-12/h3-8,14,16H,9-10H2,1-2H3,(H,17,18). The van der Waals surface area contributed by atoms with Crippen molar-refractivity contribution in [1.82, 2.24) is 15.5 Å². The van der Waals surface area contributed by atoms with Gasteiger partial charge in [0.25, 0.3) is 0 Å². The maximum Gasteiger partial charge on any atom is 0.0490 e. The number of aromatic nitrogens is 2. The van der Waals surface area contributed by atoms with E-state index in [1.165, 1.54) is 11.1 Å². The molecule has 3 rings (SSSR count). The molecule has 0 spiro atoms. The zero-order valence-electron chi connectivity index (χ0n) is 10.9. The largest absolute Gasteiger partial charge is 0.304 e. The Kier molecular flexibility index (Phi) is 2.71. The normalized spacial score (nSPS) is 20.9. The monoisotopic (exact) mass is 241 g/mol. The number of hydrogen-bond acceptors (Lipinski definition) is 2. The third-order valence-corrected chi connectivity index (χ3v) is 3.85. The molecule has 1 aliphatic carbocycles. The van der Waals surface area contributed by atoms with Crippen LogP contribution in [0.15, 0.2) is 36.5 Å². The number of hydrogen-bond donors (Lipinski definition) is 2. The van der Waals surface area contributed by atoms with Crippen LogP contribution >= 0.6 is 0 Å². The van der Waals surface area contributed by atoms with E-state index in [0.29, 0.717) is 6.04 Å². The molecule has 1 heterocycles. The van der Waals surface area contributed by atoms with Crippen LogP contribution in [-0.4, -0.2) is 10.2 Å². The average Bonchev–Trinajstić information content (AvgIpc) is 2.91. The van der Waals surface area contributed by atoms with Gasteiger partial charge in [-0.2, -0.15) is 5.10 Å². The van der Waals surface area contributed by atoms with Gasteiger partial charge in [-0.15, -0.1) is 0 Å². The van der Waals surface area contributed by atoms with Crippen molar-refractivity contribution in [3.8, 4) is 0 Å². The third-order valence-electron chi connectivity index (χ3n) is 3.85. The smallest absolute Gasteiger partial charge is 0.0490 e. The number of aromatic amines is 1. The summed E-state index contributed by atoms with van der Waals surface area (Å²) in [6, 6.07) is 11.2. The zero-order chi connectivity index (χ0) is 12.6. The first-order valence-electron chi connectivity index (χ1n) is 6.46. The maximum atomic E-state index is 3.98. The minimum atomic E-state index is 0.268. The average molecular weight is 241 g/mol. The Morgan fingerprint density at radius 2 is 2.17 bits per heavy atom. The molecule has 3 nitrogen and oxygen atoms in total. The lowest BCUT2D eigenvalue weighted by atomic mass is 9.85. The van der Waals surface area contributed by atoms with Crippen LogP contribution in [0.3, 0.4) is 0 Å². The van der Waals surface area contributed by atoms with Crippen LogP contribution in [0.4, 0.5) is 0 Å². The summed E-state index contributed by atoms with van der Waals surface area (Å²) in [5.41, 5.74) is 4.32. The SMILES string of the molecule is CC1(C)Cc2ccccc2C1NCc1ccn[nH]1. The van der Waals surface area contributed by atoms with Crippen molar-refractivity contribution in [3.63, 3.8) is 0 Å². The highest BCUT2D eigenvalue weighted by atomic mass is 15.1. The van der Waals surface area contributed by atoms with E-state index < -0.39 is 0 Å². The second-order valence-corrected chi connectivity index (χ2v) is 5.76. The molecule has 1 aliphatic rings. The molecule has 18 heavy (non-hydrogen) atoms. The van der Waals surface area contributed by atoms with Gasteiger partial charge in [-0.1, -0.05) is 38.1 Å². The van der Waals surface area contributed by atoms with Crippen molar-refractivity contribution < 1.29 is 0 Å². The Balaban J connectivity index is 1.81. The number of fused-ring (bicyclic) bond motifs is 1. The van der Waals surface area contributed by atoms with Crippen LogP contribution < -0.4 is 5.32 Å². The van der Waals surface area contributed by atoms with E-state index in [9.17, 15) is 0 Å². The lowest BCUT2D eigenvalue weighted by molar-refractivity contribution is 0.267. The first-order valence-corrected chi connectivity index (χ1v) is 6.46. The molecule has 2 aromatic rings. The van der Waals surface area contributed by atoms with Crippen molar-refractivity contribution in [3.05, 3.63) is 53.3 Å². The Morgan fingerprint density at radius 3 is 2.94 bits per heavy atom. The summed E-state index contributed by atoms with van der Waals surface area (Å²) >= 11 is 0. The Bertz CT molecular complexity index is 528. The summed E-state index contributed by atoms with van der Waals surface area (Å²) in [5, 5.41) is 10.6. The van der Waals surface area contributed by atoms with Gasteiger partial charge in [0.1, 0.15) is 0 Å². The molecular formula is C15H19N3.